The summed E-state index contributed by atoms with van der Waals surface area (Å²) < 4.78 is 23.6. The maximum absolute atomic E-state index is 13.1. The summed E-state index contributed by atoms with van der Waals surface area (Å²) >= 11 is 0. The molecular weight excluding hydrogens is 317 g/mol. The first-order chi connectivity index (χ1) is 10.7. The number of carbonyl (C=O) groups is 1. The van der Waals surface area contributed by atoms with E-state index in [-0.39, 0.29) is 19.5 Å². The molecule has 0 bridgehead atoms. The first kappa shape index (κ1) is 20.6. The molecule has 1 aliphatic carbocycles. The molecular formula is C16H32NO5P. The van der Waals surface area contributed by atoms with Gasteiger partial charge in [-0.3, -0.25) is 13.9 Å². The Morgan fingerprint density at radius 1 is 1.30 bits per heavy atom. The summed E-state index contributed by atoms with van der Waals surface area (Å²) in [4.78, 5) is 11.8. The highest BCUT2D eigenvalue weighted by Gasteiger charge is 2.32. The molecule has 0 heterocycles. The van der Waals surface area contributed by atoms with Crippen LogP contribution in [0.5, 0.6) is 0 Å². The average molecular weight is 349 g/mol. The van der Waals surface area contributed by atoms with Gasteiger partial charge in [0.25, 0.3) is 0 Å². The van der Waals surface area contributed by atoms with Crippen molar-refractivity contribution in [1.29, 1.82) is 0 Å². The third kappa shape index (κ3) is 7.79. The number of carbonyl (C=O) groups excluding carboxylic acids is 1. The molecule has 2 atom stereocenters. The molecule has 0 radical (unpaired) electrons. The molecule has 1 aliphatic rings. The molecule has 1 rings (SSSR count). The highest BCUT2D eigenvalue weighted by atomic mass is 31.2. The zero-order valence-electron chi connectivity index (χ0n) is 14.6. The first-order valence-electron chi connectivity index (χ1n) is 8.44. The van der Waals surface area contributed by atoms with Gasteiger partial charge in [0.1, 0.15) is 0 Å². The second-order valence-corrected chi connectivity index (χ2v) is 10.1. The lowest BCUT2D eigenvalue weighted by atomic mass is 9.91. The van der Waals surface area contributed by atoms with Gasteiger partial charge in [0.05, 0.1) is 17.7 Å². The normalized spacial score (nSPS) is 20.7. The van der Waals surface area contributed by atoms with Crippen molar-refractivity contribution in [3.63, 3.8) is 0 Å². The number of aliphatic hydroxyl groups excluding tert-OH is 1. The van der Waals surface area contributed by atoms with E-state index in [2.05, 4.69) is 0 Å². The van der Waals surface area contributed by atoms with E-state index in [1.807, 2.05) is 0 Å². The average Bonchev–Trinajstić information content (AvgIpc) is 2.46. The van der Waals surface area contributed by atoms with Gasteiger partial charge in [0.15, 0.2) is 6.79 Å². The molecule has 6 nitrogen and oxygen atoms in total. The fourth-order valence-electron chi connectivity index (χ4n) is 2.73. The molecule has 0 amide bonds. The van der Waals surface area contributed by atoms with Gasteiger partial charge in [-0.2, -0.15) is 0 Å². The van der Waals surface area contributed by atoms with Crippen LogP contribution in [-0.4, -0.2) is 42.8 Å². The molecule has 1 fully saturated rings. The lowest BCUT2D eigenvalue weighted by Crippen LogP contribution is -2.27. The lowest BCUT2D eigenvalue weighted by Gasteiger charge is -2.28. The van der Waals surface area contributed by atoms with Crippen LogP contribution in [0.25, 0.3) is 0 Å². The number of nitrogens with two attached hydrogens (primary N) is 1. The number of rotatable bonds is 8. The molecule has 0 aromatic heterocycles. The molecule has 136 valence electrons. The van der Waals surface area contributed by atoms with E-state index < -0.39 is 24.9 Å². The van der Waals surface area contributed by atoms with Gasteiger partial charge in [-0.25, -0.2) is 0 Å². The van der Waals surface area contributed by atoms with Gasteiger partial charge in [-0.1, -0.05) is 19.3 Å². The van der Waals surface area contributed by atoms with E-state index in [1.54, 1.807) is 20.8 Å². The summed E-state index contributed by atoms with van der Waals surface area (Å²) in [6, 6.07) is 0. The lowest BCUT2D eigenvalue weighted by molar-refractivity contribution is -0.159. The fraction of sp³-hybridized carbons (Fsp3) is 0.938. The predicted octanol–water partition coefficient (Wildman–Crippen LogP) is 2.73. The number of hydrogen-bond acceptors (Lipinski definition) is 6. The first-order valence-corrected chi connectivity index (χ1v) is 10.4. The monoisotopic (exact) mass is 349 g/mol. The maximum Gasteiger partial charge on any atom is 0.313 e. The van der Waals surface area contributed by atoms with E-state index in [4.69, 9.17) is 15.0 Å². The number of esters is 1. The van der Waals surface area contributed by atoms with Gasteiger partial charge < -0.3 is 15.6 Å². The predicted molar refractivity (Wildman–Crippen MR) is 90.5 cm³/mol. The van der Waals surface area contributed by atoms with E-state index in [0.29, 0.717) is 12.1 Å². The van der Waals surface area contributed by atoms with Crippen LogP contribution in [0.4, 0.5) is 0 Å². The van der Waals surface area contributed by atoms with Crippen molar-refractivity contribution >= 4 is 13.3 Å². The van der Waals surface area contributed by atoms with Crippen LogP contribution in [0.1, 0.15) is 52.9 Å². The van der Waals surface area contributed by atoms with Crippen molar-refractivity contribution in [2.24, 2.45) is 17.1 Å². The van der Waals surface area contributed by atoms with Crippen LogP contribution in [0.3, 0.4) is 0 Å². The van der Waals surface area contributed by atoms with Crippen molar-refractivity contribution in [2.45, 2.75) is 59.0 Å². The zero-order valence-corrected chi connectivity index (χ0v) is 15.5. The molecule has 23 heavy (non-hydrogen) atoms. The van der Waals surface area contributed by atoms with Gasteiger partial charge in [0, 0.05) is 12.7 Å². The third-order valence-electron chi connectivity index (χ3n) is 4.11. The molecule has 0 aromatic rings. The molecule has 0 saturated heterocycles. The zero-order chi connectivity index (χ0) is 17.5. The molecule has 0 spiro atoms. The van der Waals surface area contributed by atoms with Gasteiger partial charge in [0.2, 0.25) is 7.37 Å². The van der Waals surface area contributed by atoms with Gasteiger partial charge in [-0.05, 0) is 39.5 Å². The Morgan fingerprint density at radius 3 is 2.43 bits per heavy atom. The van der Waals surface area contributed by atoms with E-state index in [9.17, 15) is 14.5 Å². The summed E-state index contributed by atoms with van der Waals surface area (Å²) in [5, 5.41) is 9.78. The molecule has 1 unspecified atom stereocenters. The smallest absolute Gasteiger partial charge is 0.313 e. The number of hydrogen-bond donors (Lipinski definition) is 2. The van der Waals surface area contributed by atoms with Crippen LogP contribution < -0.4 is 5.73 Å². The highest BCUT2D eigenvalue weighted by Crippen LogP contribution is 2.51. The molecule has 1 saturated carbocycles. The minimum atomic E-state index is -3.08. The quantitative estimate of drug-likeness (QED) is 0.397. The van der Waals surface area contributed by atoms with Crippen LogP contribution >= 0.6 is 7.37 Å². The maximum atomic E-state index is 13.1. The highest BCUT2D eigenvalue weighted by molar-refractivity contribution is 7.59. The van der Waals surface area contributed by atoms with E-state index in [1.165, 1.54) is 6.42 Å². The Hall–Kier alpha value is -0.420. The number of aliphatic hydroxyl groups is 1. The van der Waals surface area contributed by atoms with Crippen LogP contribution in [0.2, 0.25) is 0 Å². The third-order valence-corrected chi connectivity index (χ3v) is 6.74. The van der Waals surface area contributed by atoms with Crippen molar-refractivity contribution in [2.75, 3.05) is 25.7 Å². The standard InChI is InChI=1S/C16H32NO5P/c1-16(2,3)15(19)21-12-22-23(20,11-14(18)9-17)10-13-7-5-4-6-8-13/h13-14,18H,4-12,17H2,1-3H3/t14-,23?/m1/s1. The molecule has 3 N–H and O–H groups in total. The van der Waals surface area contributed by atoms with E-state index >= 15 is 0 Å². The summed E-state index contributed by atoms with van der Waals surface area (Å²) in [5.41, 5.74) is 4.80. The molecule has 0 aliphatic heterocycles. The summed E-state index contributed by atoms with van der Waals surface area (Å²) in [5.74, 6) is -0.0565. The van der Waals surface area contributed by atoms with Crippen molar-refractivity contribution in [3.8, 4) is 0 Å². The fourth-order valence-corrected chi connectivity index (χ4v) is 5.28. The van der Waals surface area contributed by atoms with Crippen LogP contribution in [-0.2, 0) is 18.6 Å². The topological polar surface area (TPSA) is 98.8 Å². The SMILES string of the molecule is CC(C)(C)C(=O)OCOP(=O)(CC1CCCCC1)C[C@H](O)CN. The molecule has 0 aromatic carbocycles. The molecule has 7 heteroatoms. The summed E-state index contributed by atoms with van der Waals surface area (Å²) in [6.45, 7) is 4.94. The second kappa shape index (κ2) is 9.16. The van der Waals surface area contributed by atoms with Crippen molar-refractivity contribution in [3.05, 3.63) is 0 Å². The van der Waals surface area contributed by atoms with Crippen LogP contribution in [0.15, 0.2) is 0 Å². The Kier molecular flexibility index (Phi) is 8.22. The Bertz CT molecular complexity index is 415. The Morgan fingerprint density at radius 2 is 1.91 bits per heavy atom. The van der Waals surface area contributed by atoms with Crippen LogP contribution in [0, 0.1) is 11.3 Å². The number of ether oxygens (including phenoxy) is 1. The van der Waals surface area contributed by atoms with Crippen molar-refractivity contribution < 1.29 is 23.7 Å². The minimum Gasteiger partial charge on any atom is -0.438 e. The minimum absolute atomic E-state index is 0.0209. The van der Waals surface area contributed by atoms with Gasteiger partial charge in [-0.15, -0.1) is 0 Å². The summed E-state index contributed by atoms with van der Waals surface area (Å²) in [7, 11) is -3.08. The second-order valence-electron chi connectivity index (χ2n) is 7.50. The largest absolute Gasteiger partial charge is 0.438 e. The summed E-state index contributed by atoms with van der Waals surface area (Å²) in [6.07, 6.45) is 5.16. The van der Waals surface area contributed by atoms with Crippen molar-refractivity contribution in [1.82, 2.24) is 0 Å². The van der Waals surface area contributed by atoms with E-state index in [0.717, 1.165) is 25.7 Å². The Balaban J connectivity index is 2.59. The Labute approximate surface area is 139 Å². The van der Waals surface area contributed by atoms with Gasteiger partial charge >= 0.3 is 5.97 Å².